The molecule has 3 amide bonds. The van der Waals surface area contributed by atoms with Gasteiger partial charge in [-0.15, -0.1) is 11.3 Å². The Hall–Kier alpha value is -3.86. The van der Waals surface area contributed by atoms with Gasteiger partial charge in [-0.2, -0.15) is 5.10 Å². The third kappa shape index (κ3) is 5.43. The Kier molecular flexibility index (Phi) is 7.45. The van der Waals surface area contributed by atoms with Crippen LogP contribution >= 0.6 is 11.3 Å². The number of nitrogens with zero attached hydrogens (tertiary/aromatic N) is 1. The lowest BCUT2D eigenvalue weighted by molar-refractivity contribution is -0.136. The van der Waals surface area contributed by atoms with E-state index in [4.69, 9.17) is 14.2 Å². The zero-order valence-electron chi connectivity index (χ0n) is 17.6. The van der Waals surface area contributed by atoms with Crippen LogP contribution in [0.25, 0.3) is 0 Å². The van der Waals surface area contributed by atoms with Gasteiger partial charge in [0.15, 0.2) is 18.1 Å². The Morgan fingerprint density at radius 1 is 1.25 bits per heavy atom. The average molecular weight is 458 g/mol. The molecule has 10 nitrogen and oxygen atoms in total. The van der Waals surface area contributed by atoms with E-state index in [1.54, 1.807) is 31.3 Å². The van der Waals surface area contributed by atoms with E-state index < -0.39 is 23.9 Å². The van der Waals surface area contributed by atoms with Crippen LogP contribution in [0.2, 0.25) is 0 Å². The molecule has 0 radical (unpaired) electrons. The minimum absolute atomic E-state index is 0.269. The molecule has 168 valence electrons. The number of carbonyl (C=O) groups is 3. The van der Waals surface area contributed by atoms with Gasteiger partial charge in [-0.05, 0) is 36.1 Å². The van der Waals surface area contributed by atoms with Gasteiger partial charge in [-0.25, -0.2) is 15.0 Å². The van der Waals surface area contributed by atoms with Crippen LogP contribution in [0.4, 0.5) is 4.79 Å². The van der Waals surface area contributed by atoms with Crippen molar-refractivity contribution in [2.45, 2.75) is 13.0 Å². The van der Waals surface area contributed by atoms with Crippen molar-refractivity contribution in [3.63, 3.8) is 0 Å². The predicted molar refractivity (Wildman–Crippen MR) is 118 cm³/mol. The molecular weight excluding hydrogens is 436 g/mol. The number of urea groups is 1. The number of amides is 3. The highest BCUT2D eigenvalue weighted by Gasteiger charge is 2.32. The van der Waals surface area contributed by atoms with Crippen molar-refractivity contribution in [3.8, 4) is 11.5 Å². The van der Waals surface area contributed by atoms with Gasteiger partial charge in [-0.3, -0.25) is 4.79 Å². The number of nitrogens with one attached hydrogen (secondary N) is 3. The summed E-state index contributed by atoms with van der Waals surface area (Å²) in [6, 6.07) is 7.44. The van der Waals surface area contributed by atoms with E-state index in [0.717, 1.165) is 4.88 Å². The number of rotatable bonds is 8. The third-order valence-electron chi connectivity index (χ3n) is 4.48. The Bertz CT molecular complexity index is 1060. The molecule has 0 spiro atoms. The van der Waals surface area contributed by atoms with Crippen molar-refractivity contribution in [1.29, 1.82) is 0 Å². The zero-order valence-corrected chi connectivity index (χ0v) is 18.4. The van der Waals surface area contributed by atoms with Crippen LogP contribution < -0.4 is 25.5 Å². The Morgan fingerprint density at radius 2 is 2.06 bits per heavy atom. The first-order valence-electron chi connectivity index (χ1n) is 9.45. The van der Waals surface area contributed by atoms with Gasteiger partial charge in [0.2, 0.25) is 0 Å². The van der Waals surface area contributed by atoms with Gasteiger partial charge < -0.3 is 24.8 Å². The Morgan fingerprint density at radius 3 is 2.75 bits per heavy atom. The van der Waals surface area contributed by atoms with Crippen LogP contribution in [-0.2, 0) is 14.3 Å². The number of thiophene rings is 1. The van der Waals surface area contributed by atoms with E-state index in [1.165, 1.54) is 25.6 Å². The third-order valence-corrected chi connectivity index (χ3v) is 5.29. The maximum atomic E-state index is 12.2. The lowest BCUT2D eigenvalue weighted by Crippen LogP contribution is -2.45. The van der Waals surface area contributed by atoms with Crippen molar-refractivity contribution in [2.24, 2.45) is 5.10 Å². The van der Waals surface area contributed by atoms with E-state index >= 15 is 0 Å². The molecule has 32 heavy (non-hydrogen) atoms. The summed E-state index contributed by atoms with van der Waals surface area (Å²) in [6.45, 7) is 1.33. The molecule has 2 heterocycles. The molecule has 3 rings (SSSR count). The highest BCUT2D eigenvalue weighted by atomic mass is 32.1. The number of methoxy groups -OCH3 is 2. The summed E-state index contributed by atoms with van der Waals surface area (Å²) in [7, 11) is 2.71. The summed E-state index contributed by atoms with van der Waals surface area (Å²) >= 11 is 1.50. The minimum Gasteiger partial charge on any atom is -0.493 e. The monoisotopic (exact) mass is 458 g/mol. The summed E-state index contributed by atoms with van der Waals surface area (Å²) in [4.78, 5) is 37.1. The number of esters is 1. The molecular formula is C21H22N4O6S. The van der Waals surface area contributed by atoms with Gasteiger partial charge >= 0.3 is 12.0 Å². The van der Waals surface area contributed by atoms with Gasteiger partial charge in [0, 0.05) is 10.6 Å². The predicted octanol–water partition coefficient (Wildman–Crippen LogP) is 2.09. The average Bonchev–Trinajstić information content (AvgIpc) is 3.30. The summed E-state index contributed by atoms with van der Waals surface area (Å²) in [6.07, 6.45) is 1.54. The van der Waals surface area contributed by atoms with Gasteiger partial charge in [-0.1, -0.05) is 12.1 Å². The highest BCUT2D eigenvalue weighted by Crippen LogP contribution is 2.34. The van der Waals surface area contributed by atoms with Crippen LogP contribution in [0.3, 0.4) is 0 Å². The molecule has 1 aromatic carbocycles. The fourth-order valence-corrected chi connectivity index (χ4v) is 3.60. The van der Waals surface area contributed by atoms with Crippen LogP contribution in [0.1, 0.15) is 23.4 Å². The van der Waals surface area contributed by atoms with Crippen molar-refractivity contribution < 1.29 is 28.6 Å². The zero-order chi connectivity index (χ0) is 23.1. The highest BCUT2D eigenvalue weighted by molar-refractivity contribution is 7.11. The maximum Gasteiger partial charge on any atom is 0.337 e. The summed E-state index contributed by atoms with van der Waals surface area (Å²) in [5.41, 5.74) is 3.63. The fraction of sp³-hybridized carbons (Fsp3) is 0.238. The molecule has 0 saturated heterocycles. The lowest BCUT2D eigenvalue weighted by atomic mass is 9.95. The molecule has 3 N–H and O–H groups in total. The first-order chi connectivity index (χ1) is 15.4. The summed E-state index contributed by atoms with van der Waals surface area (Å²) in [5, 5.41) is 11.0. The van der Waals surface area contributed by atoms with Crippen LogP contribution in [-0.4, -0.2) is 44.9 Å². The van der Waals surface area contributed by atoms with Crippen LogP contribution in [0.15, 0.2) is 52.1 Å². The molecule has 1 aromatic heterocycles. The van der Waals surface area contributed by atoms with Crippen molar-refractivity contribution >= 4 is 35.5 Å². The van der Waals surface area contributed by atoms with E-state index in [2.05, 4.69) is 21.2 Å². The quantitative estimate of drug-likeness (QED) is 0.316. The van der Waals surface area contributed by atoms with Crippen molar-refractivity contribution in [2.75, 3.05) is 20.8 Å². The van der Waals surface area contributed by atoms with E-state index in [0.29, 0.717) is 22.8 Å². The molecule has 11 heteroatoms. The van der Waals surface area contributed by atoms with Gasteiger partial charge in [0.25, 0.3) is 5.91 Å². The first kappa shape index (κ1) is 22.8. The molecule has 1 aliphatic rings. The number of hydrazone groups is 1. The Labute approximate surface area is 188 Å². The Balaban J connectivity index is 1.71. The number of hydrogen-bond acceptors (Lipinski definition) is 8. The number of carbonyl (C=O) groups excluding carboxylic acids is 3. The second kappa shape index (κ2) is 10.4. The minimum atomic E-state index is -0.742. The number of benzene rings is 1. The second-order valence-corrected chi connectivity index (χ2v) is 7.55. The molecule has 0 aliphatic carbocycles. The van der Waals surface area contributed by atoms with E-state index in [-0.39, 0.29) is 12.2 Å². The van der Waals surface area contributed by atoms with Crippen molar-refractivity contribution in [3.05, 3.63) is 57.4 Å². The summed E-state index contributed by atoms with van der Waals surface area (Å²) < 4.78 is 15.8. The number of allylic oxidation sites excluding steroid dienone is 1. The van der Waals surface area contributed by atoms with Crippen LogP contribution in [0, 0.1) is 0 Å². The fourth-order valence-electron chi connectivity index (χ4n) is 3.02. The SMILES string of the molecule is COC(=O)C1=C(C)NC(=O)NC1c1ccc(OCC(=O)NN=Cc2cccs2)c(OC)c1. The topological polar surface area (TPSA) is 127 Å². The molecule has 0 saturated carbocycles. The molecule has 1 aliphatic heterocycles. The van der Waals surface area contributed by atoms with E-state index in [9.17, 15) is 14.4 Å². The van der Waals surface area contributed by atoms with Crippen LogP contribution in [0.5, 0.6) is 11.5 Å². The van der Waals surface area contributed by atoms with Gasteiger partial charge in [0.1, 0.15) is 0 Å². The molecule has 1 atom stereocenters. The lowest BCUT2D eigenvalue weighted by Gasteiger charge is -2.28. The standard InChI is InChI=1S/C21H22N4O6S/c1-12-18(20(27)30-3)19(24-21(28)23-12)13-6-7-15(16(9-13)29-2)31-11-17(26)25-22-10-14-5-4-8-32-14/h4-10,19H,11H2,1-3H3,(H,25,26)(H2,23,24,28). The second-order valence-electron chi connectivity index (χ2n) is 6.57. The number of hydrogen-bond donors (Lipinski definition) is 3. The first-order valence-corrected chi connectivity index (χ1v) is 10.3. The molecule has 0 fully saturated rings. The van der Waals surface area contributed by atoms with Crippen molar-refractivity contribution in [1.82, 2.24) is 16.1 Å². The maximum absolute atomic E-state index is 12.2. The van der Waals surface area contributed by atoms with E-state index in [1.807, 2.05) is 17.5 Å². The number of ether oxygens (including phenoxy) is 3. The normalized spacial score (nSPS) is 15.7. The van der Waals surface area contributed by atoms with Gasteiger partial charge in [0.05, 0.1) is 32.0 Å². The summed E-state index contributed by atoms with van der Waals surface area (Å²) in [5.74, 6) is -0.374. The molecule has 2 aromatic rings. The smallest absolute Gasteiger partial charge is 0.337 e. The largest absolute Gasteiger partial charge is 0.493 e. The molecule has 1 unspecified atom stereocenters. The molecule has 0 bridgehead atoms.